The van der Waals surface area contributed by atoms with Gasteiger partial charge in [0.05, 0.1) is 12.2 Å². The Hall–Kier alpha value is -3.70. The van der Waals surface area contributed by atoms with Gasteiger partial charge < -0.3 is 26.2 Å². The fourth-order valence-corrected chi connectivity index (χ4v) is 4.17. The number of aromatic nitrogens is 2. The molecule has 3 rings (SSSR count). The number of carbonyl (C=O) groups excluding carboxylic acids is 2. The molecule has 0 aliphatic carbocycles. The summed E-state index contributed by atoms with van der Waals surface area (Å²) in [6.07, 6.45) is 0.740. The summed E-state index contributed by atoms with van der Waals surface area (Å²) in [4.78, 5) is 45.1. The lowest BCUT2D eigenvalue weighted by atomic mass is 10.0. The van der Waals surface area contributed by atoms with Gasteiger partial charge in [0, 0.05) is 11.4 Å². The van der Waals surface area contributed by atoms with Crippen LogP contribution in [0.2, 0.25) is 0 Å². The van der Waals surface area contributed by atoms with E-state index in [1.165, 1.54) is 12.3 Å². The summed E-state index contributed by atoms with van der Waals surface area (Å²) in [5.41, 5.74) is 4.21. The Bertz CT molecular complexity index is 1270. The highest BCUT2D eigenvalue weighted by atomic mass is 32.2. The molecule has 0 bridgehead atoms. The zero-order valence-electron chi connectivity index (χ0n) is 16.1. The summed E-state index contributed by atoms with van der Waals surface area (Å²) in [6, 6.07) is -1.46. The van der Waals surface area contributed by atoms with E-state index in [-0.39, 0.29) is 20.8 Å². The molecule has 6 N–H and O–H groups in total. The Morgan fingerprint density at radius 1 is 1.44 bits per heavy atom. The number of nitrogens with two attached hydrogens (primary N) is 1. The van der Waals surface area contributed by atoms with Gasteiger partial charge in [0.15, 0.2) is 23.2 Å². The molecule has 1 fully saturated rings. The number of carbonyl (C=O) groups is 2. The Labute approximate surface area is 183 Å². The van der Waals surface area contributed by atoms with Crippen molar-refractivity contribution in [2.24, 2.45) is 5.16 Å². The molecule has 0 unspecified atom stereocenters. The minimum atomic E-state index is -4.78. The van der Waals surface area contributed by atoms with Crippen LogP contribution in [-0.2, 0) is 31.3 Å². The van der Waals surface area contributed by atoms with Crippen LogP contribution in [0.1, 0.15) is 18.3 Å². The molecule has 15 nitrogen and oxygen atoms in total. The molecule has 3 heterocycles. The van der Waals surface area contributed by atoms with Crippen LogP contribution in [0, 0.1) is 0 Å². The number of hydrogen-bond donors (Lipinski definition) is 5. The number of nitrogen functional groups attached to an aromatic ring is 1. The van der Waals surface area contributed by atoms with E-state index in [2.05, 4.69) is 15.5 Å². The van der Waals surface area contributed by atoms with Crippen molar-refractivity contribution < 1.29 is 37.7 Å². The second-order valence-corrected chi connectivity index (χ2v) is 8.63. The SMILES string of the molecule is C[C@H]1[C@H](NC(=O)/C(=N/OCc2cc(=O)c(O)cn2O)c2csc(N)n2)C(=O)N1S(=O)(=O)O. The van der Waals surface area contributed by atoms with Gasteiger partial charge in [0.25, 0.3) is 11.8 Å². The second kappa shape index (κ2) is 8.44. The standard InChI is InChI=1S/C15H16N6O9S2/c1-6-11(14(25)21(6)32(27,28)29)18-13(24)12(8-5-31-15(16)17-8)19-30-4-7-2-9(22)10(23)3-20(7)26/h2-3,5-6,11,23,26H,4H2,1H3,(H2,16,17)(H,18,24)(H,27,28,29)/b19-12+/t6-,11-/m0/s1. The predicted molar refractivity (Wildman–Crippen MR) is 107 cm³/mol. The van der Waals surface area contributed by atoms with Gasteiger partial charge >= 0.3 is 10.3 Å². The minimum absolute atomic E-state index is 0.0249. The maximum absolute atomic E-state index is 12.7. The quantitative estimate of drug-likeness (QED) is 0.0966. The molecule has 17 heteroatoms. The van der Waals surface area contributed by atoms with E-state index in [9.17, 15) is 33.1 Å². The number of oxime groups is 1. The van der Waals surface area contributed by atoms with Crippen molar-refractivity contribution >= 4 is 44.3 Å². The molecule has 0 aromatic carbocycles. The number of nitrogens with zero attached hydrogens (tertiary/aromatic N) is 4. The first-order chi connectivity index (χ1) is 14.9. The van der Waals surface area contributed by atoms with Crippen molar-refractivity contribution in [1.82, 2.24) is 19.3 Å². The maximum Gasteiger partial charge on any atom is 0.362 e. The fraction of sp³-hybridized carbons (Fsp3) is 0.267. The van der Waals surface area contributed by atoms with Crippen molar-refractivity contribution in [2.45, 2.75) is 25.6 Å². The van der Waals surface area contributed by atoms with Crippen LogP contribution in [0.3, 0.4) is 0 Å². The third-order valence-corrected chi connectivity index (χ3v) is 5.99. The molecule has 1 saturated heterocycles. The van der Waals surface area contributed by atoms with Crippen LogP contribution < -0.4 is 16.5 Å². The van der Waals surface area contributed by atoms with E-state index >= 15 is 0 Å². The van der Waals surface area contributed by atoms with Gasteiger partial charge in [0.2, 0.25) is 5.43 Å². The van der Waals surface area contributed by atoms with Crippen LogP contribution in [0.15, 0.2) is 27.6 Å². The number of rotatable bonds is 7. The number of amides is 2. The lowest BCUT2D eigenvalue weighted by Crippen LogP contribution is -2.71. The molecule has 32 heavy (non-hydrogen) atoms. The third-order valence-electron chi connectivity index (χ3n) is 4.31. The van der Waals surface area contributed by atoms with E-state index in [1.54, 1.807) is 0 Å². The number of hydrogen-bond acceptors (Lipinski definition) is 12. The molecule has 2 atom stereocenters. The molecule has 172 valence electrons. The highest BCUT2D eigenvalue weighted by Gasteiger charge is 2.51. The smallest absolute Gasteiger partial charge is 0.362 e. The summed E-state index contributed by atoms with van der Waals surface area (Å²) >= 11 is 0.979. The summed E-state index contributed by atoms with van der Waals surface area (Å²) in [5.74, 6) is -2.72. The topological polar surface area (TPSA) is 227 Å². The van der Waals surface area contributed by atoms with Crippen molar-refractivity contribution in [3.63, 3.8) is 0 Å². The maximum atomic E-state index is 12.7. The van der Waals surface area contributed by atoms with E-state index in [4.69, 9.17) is 15.1 Å². The Balaban J connectivity index is 1.79. The number of pyridine rings is 1. The molecule has 2 aromatic rings. The van der Waals surface area contributed by atoms with E-state index in [1.807, 2.05) is 0 Å². The molecule has 2 amide bonds. The largest absolute Gasteiger partial charge is 0.503 e. The van der Waals surface area contributed by atoms with Gasteiger partial charge in [-0.3, -0.25) is 18.9 Å². The fourth-order valence-electron chi connectivity index (χ4n) is 2.74. The van der Waals surface area contributed by atoms with Gasteiger partial charge in [-0.1, -0.05) is 5.16 Å². The third kappa shape index (κ3) is 4.48. The van der Waals surface area contributed by atoms with Crippen LogP contribution in [0.4, 0.5) is 5.13 Å². The van der Waals surface area contributed by atoms with Gasteiger partial charge in [-0.15, -0.1) is 11.3 Å². The lowest BCUT2D eigenvalue weighted by molar-refractivity contribution is -0.143. The number of β-lactam (4-membered cyclic amide) rings is 1. The average molecular weight is 488 g/mol. The van der Waals surface area contributed by atoms with Crippen LogP contribution in [0.25, 0.3) is 0 Å². The van der Waals surface area contributed by atoms with Crippen molar-refractivity contribution in [1.29, 1.82) is 0 Å². The molecule has 2 aromatic heterocycles. The van der Waals surface area contributed by atoms with Gasteiger partial charge in [-0.25, -0.2) is 9.29 Å². The zero-order valence-corrected chi connectivity index (χ0v) is 17.7. The predicted octanol–water partition coefficient (Wildman–Crippen LogP) is -1.73. The van der Waals surface area contributed by atoms with Crippen LogP contribution in [0.5, 0.6) is 5.75 Å². The van der Waals surface area contributed by atoms with Gasteiger partial charge in [0.1, 0.15) is 17.4 Å². The molecular formula is C15H16N6O9S2. The number of anilines is 1. The Morgan fingerprint density at radius 2 is 2.12 bits per heavy atom. The minimum Gasteiger partial charge on any atom is -0.503 e. The van der Waals surface area contributed by atoms with Crippen LogP contribution >= 0.6 is 11.3 Å². The zero-order chi connectivity index (χ0) is 23.8. The van der Waals surface area contributed by atoms with Gasteiger partial charge in [-0.2, -0.15) is 13.1 Å². The molecule has 1 aliphatic heterocycles. The Morgan fingerprint density at radius 3 is 2.69 bits per heavy atom. The summed E-state index contributed by atoms with van der Waals surface area (Å²) in [6.45, 7) is 0.789. The summed E-state index contributed by atoms with van der Waals surface area (Å²) < 4.78 is 32.1. The monoisotopic (exact) mass is 488 g/mol. The van der Waals surface area contributed by atoms with Crippen molar-refractivity contribution in [2.75, 3.05) is 5.73 Å². The van der Waals surface area contributed by atoms with E-state index in [0.29, 0.717) is 4.73 Å². The number of thiazole rings is 1. The first-order valence-electron chi connectivity index (χ1n) is 8.56. The summed E-state index contributed by atoms with van der Waals surface area (Å²) in [7, 11) is -4.78. The highest BCUT2D eigenvalue weighted by Crippen LogP contribution is 2.23. The van der Waals surface area contributed by atoms with Crippen molar-refractivity contribution in [3.8, 4) is 5.75 Å². The molecular weight excluding hydrogens is 472 g/mol. The average Bonchev–Trinajstić information content (AvgIpc) is 3.11. The van der Waals surface area contributed by atoms with Gasteiger partial charge in [-0.05, 0) is 6.92 Å². The molecule has 0 saturated carbocycles. The Kier molecular flexibility index (Phi) is 6.06. The first kappa shape index (κ1) is 23.0. The second-order valence-electron chi connectivity index (χ2n) is 6.45. The van der Waals surface area contributed by atoms with E-state index < -0.39 is 57.7 Å². The summed E-state index contributed by atoms with van der Waals surface area (Å²) in [5, 5.41) is 26.3. The highest BCUT2D eigenvalue weighted by molar-refractivity contribution is 7.84. The van der Waals surface area contributed by atoms with Crippen LogP contribution in [-0.4, -0.2) is 66.9 Å². The number of nitrogens with one attached hydrogen (secondary N) is 1. The van der Waals surface area contributed by atoms with E-state index in [0.717, 1.165) is 23.6 Å². The molecule has 0 spiro atoms. The molecule has 0 radical (unpaired) electrons. The normalized spacial score (nSPS) is 18.9. The van der Waals surface area contributed by atoms with Crippen molar-refractivity contribution in [3.05, 3.63) is 39.3 Å². The lowest BCUT2D eigenvalue weighted by Gasteiger charge is -2.42. The first-order valence-corrected chi connectivity index (χ1v) is 10.8. The number of aromatic hydroxyl groups is 1. The molecule has 1 aliphatic rings.